The Hall–Kier alpha value is -2.30. The lowest BCUT2D eigenvalue weighted by Crippen LogP contribution is -2.30. The van der Waals surface area contributed by atoms with Crippen molar-refractivity contribution in [2.45, 2.75) is 37.7 Å². The van der Waals surface area contributed by atoms with Gasteiger partial charge in [-0.2, -0.15) is 0 Å². The molecular weight excluding hydrogens is 317 g/mol. The first kappa shape index (κ1) is 16.6. The van der Waals surface area contributed by atoms with Crippen molar-refractivity contribution in [2.24, 2.45) is 0 Å². The summed E-state index contributed by atoms with van der Waals surface area (Å²) < 4.78 is 45.3. The molecule has 1 fully saturated rings. The Bertz CT molecular complexity index is 716. The maximum atomic E-state index is 13.2. The number of ether oxygens (including phenoxy) is 1. The Kier molecular flexibility index (Phi) is 4.60. The zero-order valence-corrected chi connectivity index (χ0v) is 13.0. The molecule has 0 saturated heterocycles. The molecule has 3 rings (SSSR count). The summed E-state index contributed by atoms with van der Waals surface area (Å²) in [5, 5.41) is 0. The van der Waals surface area contributed by atoms with Crippen LogP contribution in [0, 0.1) is 5.82 Å². The maximum Gasteiger partial charge on any atom is 0.248 e. The molecule has 126 valence electrons. The smallest absolute Gasteiger partial charge is 0.248 e. The summed E-state index contributed by atoms with van der Waals surface area (Å²) in [6.45, 7) is 0. The van der Waals surface area contributed by atoms with Crippen LogP contribution in [-0.2, 0) is 0 Å². The van der Waals surface area contributed by atoms with Gasteiger partial charge in [0, 0.05) is 18.4 Å². The van der Waals surface area contributed by atoms with Crippen LogP contribution in [0.15, 0.2) is 42.5 Å². The second-order valence-electron chi connectivity index (χ2n) is 6.09. The van der Waals surface area contributed by atoms with Crippen molar-refractivity contribution in [2.75, 3.05) is 0 Å². The number of hydrogen-bond donors (Lipinski definition) is 0. The molecule has 1 aliphatic rings. The molecule has 0 unspecified atom stereocenters. The highest BCUT2D eigenvalue weighted by atomic mass is 19.3. The minimum absolute atomic E-state index is 0.185. The number of rotatable bonds is 4. The third kappa shape index (κ3) is 3.96. The van der Waals surface area contributed by atoms with Gasteiger partial charge in [-0.05, 0) is 54.3 Å². The number of aldehydes is 1. The van der Waals surface area contributed by atoms with E-state index in [0.717, 1.165) is 11.1 Å². The highest BCUT2D eigenvalue weighted by molar-refractivity contribution is 5.80. The lowest BCUT2D eigenvalue weighted by molar-refractivity contribution is -0.0582. The van der Waals surface area contributed by atoms with E-state index in [1.54, 1.807) is 30.3 Å². The number of halogens is 3. The summed E-state index contributed by atoms with van der Waals surface area (Å²) in [5.41, 5.74) is 1.89. The first-order valence-electron chi connectivity index (χ1n) is 7.86. The lowest BCUT2D eigenvalue weighted by atomic mass is 9.94. The van der Waals surface area contributed by atoms with Gasteiger partial charge in [0.2, 0.25) is 5.92 Å². The predicted octanol–water partition coefficient (Wildman–Crippen LogP) is 5.26. The number of benzene rings is 2. The third-order valence-corrected chi connectivity index (χ3v) is 4.21. The average molecular weight is 334 g/mol. The van der Waals surface area contributed by atoms with Crippen molar-refractivity contribution in [3.8, 4) is 16.9 Å². The van der Waals surface area contributed by atoms with E-state index in [-0.39, 0.29) is 37.6 Å². The first-order chi connectivity index (χ1) is 11.4. The molecule has 5 heteroatoms. The van der Waals surface area contributed by atoms with Gasteiger partial charge in [-0.15, -0.1) is 0 Å². The molecule has 0 bridgehead atoms. The molecule has 0 heterocycles. The van der Waals surface area contributed by atoms with Crippen LogP contribution in [0.4, 0.5) is 13.2 Å². The van der Waals surface area contributed by atoms with Crippen LogP contribution in [0.1, 0.15) is 36.0 Å². The summed E-state index contributed by atoms with van der Waals surface area (Å²) in [4.78, 5) is 11.2. The van der Waals surface area contributed by atoms with E-state index in [1.165, 1.54) is 12.1 Å². The molecule has 0 N–H and O–H groups in total. The van der Waals surface area contributed by atoms with Gasteiger partial charge in [0.1, 0.15) is 17.9 Å². The predicted molar refractivity (Wildman–Crippen MR) is 85.1 cm³/mol. The molecule has 1 saturated carbocycles. The summed E-state index contributed by atoms with van der Waals surface area (Å²) in [6.07, 6.45) is 0.613. The Balaban J connectivity index is 1.82. The Morgan fingerprint density at radius 2 is 1.67 bits per heavy atom. The van der Waals surface area contributed by atoms with Gasteiger partial charge in [0.15, 0.2) is 0 Å². The minimum Gasteiger partial charge on any atom is -0.490 e. The van der Waals surface area contributed by atoms with Gasteiger partial charge in [-0.25, -0.2) is 13.2 Å². The fourth-order valence-corrected chi connectivity index (χ4v) is 2.89. The van der Waals surface area contributed by atoms with Gasteiger partial charge in [0.25, 0.3) is 0 Å². The summed E-state index contributed by atoms with van der Waals surface area (Å²) in [6, 6.07) is 10.9. The van der Waals surface area contributed by atoms with E-state index in [0.29, 0.717) is 17.6 Å². The van der Waals surface area contributed by atoms with Crippen molar-refractivity contribution in [1.29, 1.82) is 0 Å². The molecule has 24 heavy (non-hydrogen) atoms. The molecule has 0 atom stereocenters. The van der Waals surface area contributed by atoms with Crippen molar-refractivity contribution >= 4 is 6.29 Å². The molecule has 2 aromatic rings. The normalized spacial score (nSPS) is 17.5. The van der Waals surface area contributed by atoms with Crippen LogP contribution in [0.5, 0.6) is 5.75 Å². The van der Waals surface area contributed by atoms with Crippen LogP contribution >= 0.6 is 0 Å². The zero-order valence-electron chi connectivity index (χ0n) is 13.0. The van der Waals surface area contributed by atoms with E-state index >= 15 is 0 Å². The summed E-state index contributed by atoms with van der Waals surface area (Å²) in [7, 11) is 0. The summed E-state index contributed by atoms with van der Waals surface area (Å²) in [5.74, 6) is -2.48. The Morgan fingerprint density at radius 1 is 1.00 bits per heavy atom. The van der Waals surface area contributed by atoms with Gasteiger partial charge < -0.3 is 4.74 Å². The third-order valence-electron chi connectivity index (χ3n) is 4.21. The number of hydrogen-bond acceptors (Lipinski definition) is 2. The van der Waals surface area contributed by atoms with Crippen LogP contribution < -0.4 is 4.74 Å². The highest BCUT2D eigenvalue weighted by Gasteiger charge is 2.35. The largest absolute Gasteiger partial charge is 0.490 e. The SMILES string of the molecule is O=Cc1cc(OC2CCC(F)(F)CC2)cc(-c2ccc(F)cc2)c1. The lowest BCUT2D eigenvalue weighted by Gasteiger charge is -2.28. The minimum atomic E-state index is -2.61. The zero-order chi connectivity index (χ0) is 17.2. The van der Waals surface area contributed by atoms with Crippen LogP contribution in [0.2, 0.25) is 0 Å². The molecule has 0 spiro atoms. The van der Waals surface area contributed by atoms with Gasteiger partial charge in [-0.1, -0.05) is 12.1 Å². The quantitative estimate of drug-likeness (QED) is 0.713. The Labute approximate surface area is 138 Å². The fraction of sp³-hybridized carbons (Fsp3) is 0.316. The average Bonchev–Trinajstić information content (AvgIpc) is 2.57. The molecule has 0 aromatic heterocycles. The van der Waals surface area contributed by atoms with Gasteiger partial charge >= 0.3 is 0 Å². The number of carbonyl (C=O) groups excluding carboxylic acids is 1. The van der Waals surface area contributed by atoms with Gasteiger partial charge in [0.05, 0.1) is 6.10 Å². The van der Waals surface area contributed by atoms with Crippen molar-refractivity contribution in [1.82, 2.24) is 0 Å². The van der Waals surface area contributed by atoms with E-state index in [1.807, 2.05) is 0 Å². The van der Waals surface area contributed by atoms with E-state index in [4.69, 9.17) is 4.74 Å². The monoisotopic (exact) mass is 334 g/mol. The van der Waals surface area contributed by atoms with E-state index in [2.05, 4.69) is 0 Å². The van der Waals surface area contributed by atoms with Gasteiger partial charge in [-0.3, -0.25) is 4.79 Å². The number of alkyl halides is 2. The van der Waals surface area contributed by atoms with Crippen molar-refractivity contribution < 1.29 is 22.7 Å². The van der Waals surface area contributed by atoms with E-state index < -0.39 is 5.92 Å². The molecular formula is C19H17F3O2. The highest BCUT2D eigenvalue weighted by Crippen LogP contribution is 2.35. The second-order valence-corrected chi connectivity index (χ2v) is 6.09. The molecule has 0 amide bonds. The first-order valence-corrected chi connectivity index (χ1v) is 7.86. The molecule has 1 aliphatic carbocycles. The fourth-order valence-electron chi connectivity index (χ4n) is 2.89. The molecule has 0 aliphatic heterocycles. The topological polar surface area (TPSA) is 26.3 Å². The maximum absolute atomic E-state index is 13.2. The van der Waals surface area contributed by atoms with E-state index in [9.17, 15) is 18.0 Å². The van der Waals surface area contributed by atoms with Crippen LogP contribution in [-0.4, -0.2) is 18.3 Å². The number of carbonyl (C=O) groups is 1. The standard InChI is InChI=1S/C19H17F3O2/c20-16-3-1-14(2-4-16)15-9-13(12-23)10-18(11-15)24-17-5-7-19(21,22)8-6-17/h1-4,9-12,17H,5-8H2. The van der Waals surface area contributed by atoms with Crippen molar-refractivity contribution in [3.63, 3.8) is 0 Å². The van der Waals surface area contributed by atoms with Crippen molar-refractivity contribution in [3.05, 3.63) is 53.8 Å². The van der Waals surface area contributed by atoms with Crippen LogP contribution in [0.25, 0.3) is 11.1 Å². The molecule has 2 aromatic carbocycles. The Morgan fingerprint density at radius 3 is 2.29 bits per heavy atom. The molecule has 0 radical (unpaired) electrons. The van der Waals surface area contributed by atoms with Crippen LogP contribution in [0.3, 0.4) is 0 Å². The molecule has 2 nitrogen and oxygen atoms in total. The summed E-state index contributed by atoms with van der Waals surface area (Å²) >= 11 is 0. The second kappa shape index (κ2) is 6.67.